The Hall–Kier alpha value is -2.53. The Morgan fingerprint density at radius 1 is 1.20 bits per heavy atom. The molecule has 0 saturated heterocycles. The van der Waals surface area contributed by atoms with Crippen LogP contribution in [0.1, 0.15) is 16.1 Å². The van der Waals surface area contributed by atoms with Gasteiger partial charge < -0.3 is 14.8 Å². The molecule has 0 aliphatic rings. The average Bonchev–Trinajstić information content (AvgIpc) is 2.94. The smallest absolute Gasteiger partial charge is 0.352 e. The van der Waals surface area contributed by atoms with Gasteiger partial charge in [-0.3, -0.25) is 4.79 Å². The Morgan fingerprint density at radius 2 is 1.95 bits per heavy atom. The first kappa shape index (κ1) is 13.9. The van der Waals surface area contributed by atoms with E-state index < -0.39 is 11.9 Å². The molecule has 0 saturated carbocycles. The summed E-state index contributed by atoms with van der Waals surface area (Å²) in [7, 11) is 0. The van der Waals surface area contributed by atoms with Crippen LogP contribution in [0.2, 0.25) is 5.02 Å². The Balaban J connectivity index is 2.26. The summed E-state index contributed by atoms with van der Waals surface area (Å²) < 4.78 is 4.89. The van der Waals surface area contributed by atoms with Crippen LogP contribution in [0.5, 0.6) is 0 Å². The molecule has 1 aromatic heterocycles. The Morgan fingerprint density at radius 3 is 2.55 bits per heavy atom. The first-order chi connectivity index (χ1) is 9.58. The maximum Gasteiger partial charge on any atom is 0.352 e. The third kappa shape index (κ3) is 3.27. The third-order valence-electron chi connectivity index (χ3n) is 2.43. The van der Waals surface area contributed by atoms with Crippen LogP contribution in [-0.4, -0.2) is 17.0 Å². The van der Waals surface area contributed by atoms with E-state index in [4.69, 9.17) is 21.1 Å². The van der Waals surface area contributed by atoms with Gasteiger partial charge >= 0.3 is 5.97 Å². The highest BCUT2D eigenvalue weighted by Gasteiger charge is 2.15. The first-order valence-corrected chi connectivity index (χ1v) is 6.00. The molecule has 0 atom stereocenters. The van der Waals surface area contributed by atoms with E-state index in [2.05, 4.69) is 5.32 Å². The number of carboxylic acid groups (broad SMARTS) is 1. The van der Waals surface area contributed by atoms with E-state index in [-0.39, 0.29) is 11.5 Å². The highest BCUT2D eigenvalue weighted by atomic mass is 35.5. The first-order valence-electron chi connectivity index (χ1n) is 5.62. The number of halogens is 1. The number of aliphatic carboxylic acids is 1. The molecule has 0 unspecified atom stereocenters. The summed E-state index contributed by atoms with van der Waals surface area (Å²) in [5, 5.41) is 11.8. The molecule has 0 spiro atoms. The number of amides is 1. The van der Waals surface area contributed by atoms with Crippen LogP contribution in [0.25, 0.3) is 6.08 Å². The molecule has 0 aliphatic heterocycles. The highest BCUT2D eigenvalue weighted by molar-refractivity contribution is 6.32. The van der Waals surface area contributed by atoms with Crippen molar-refractivity contribution in [1.29, 1.82) is 0 Å². The molecule has 1 amide bonds. The zero-order valence-corrected chi connectivity index (χ0v) is 10.9. The van der Waals surface area contributed by atoms with Crippen LogP contribution in [0.4, 0.5) is 0 Å². The molecule has 0 radical (unpaired) electrons. The molecule has 6 heteroatoms. The van der Waals surface area contributed by atoms with Crippen molar-refractivity contribution in [3.8, 4) is 0 Å². The monoisotopic (exact) mass is 291 g/mol. The lowest BCUT2D eigenvalue weighted by atomic mass is 10.2. The van der Waals surface area contributed by atoms with Crippen LogP contribution in [0, 0.1) is 0 Å². The minimum atomic E-state index is -1.27. The molecule has 1 aromatic carbocycles. The average molecular weight is 292 g/mol. The summed E-state index contributed by atoms with van der Waals surface area (Å²) in [5.41, 5.74) is 0.200. The number of benzene rings is 1. The molecule has 0 fully saturated rings. The summed E-state index contributed by atoms with van der Waals surface area (Å²) >= 11 is 5.94. The van der Waals surface area contributed by atoms with Crippen molar-refractivity contribution in [2.75, 3.05) is 0 Å². The molecule has 0 aliphatic carbocycles. The standard InChI is InChI=1S/C14H10ClNO4/c15-10-5-2-1-4-9(10)8-11(14(18)19)16-13(17)12-6-3-7-20-12/h1-8H,(H,16,17)(H,18,19)/b11-8+. The van der Waals surface area contributed by atoms with Crippen molar-refractivity contribution in [3.63, 3.8) is 0 Å². The van der Waals surface area contributed by atoms with Crippen LogP contribution in [0.3, 0.4) is 0 Å². The minimum Gasteiger partial charge on any atom is -0.477 e. The Labute approximate surface area is 119 Å². The lowest BCUT2D eigenvalue weighted by Gasteiger charge is -2.05. The maximum absolute atomic E-state index is 11.8. The van der Waals surface area contributed by atoms with Gasteiger partial charge in [-0.15, -0.1) is 0 Å². The molecule has 1 heterocycles. The van der Waals surface area contributed by atoms with Gasteiger partial charge in [-0.05, 0) is 29.8 Å². The molecule has 0 bridgehead atoms. The van der Waals surface area contributed by atoms with Crippen molar-refractivity contribution in [2.45, 2.75) is 0 Å². The summed E-state index contributed by atoms with van der Waals surface area (Å²) in [6.45, 7) is 0. The van der Waals surface area contributed by atoms with Gasteiger partial charge in [0, 0.05) is 5.02 Å². The maximum atomic E-state index is 11.8. The molecule has 5 nitrogen and oxygen atoms in total. The number of rotatable bonds is 4. The van der Waals surface area contributed by atoms with Crippen LogP contribution in [-0.2, 0) is 4.79 Å². The van der Waals surface area contributed by atoms with Gasteiger partial charge in [-0.1, -0.05) is 29.8 Å². The number of carboxylic acids is 1. The van der Waals surface area contributed by atoms with E-state index in [1.807, 2.05) is 0 Å². The molecule has 2 N–H and O–H groups in total. The molecular weight excluding hydrogens is 282 g/mol. The number of furan rings is 1. The van der Waals surface area contributed by atoms with Crippen molar-refractivity contribution < 1.29 is 19.1 Å². The van der Waals surface area contributed by atoms with Gasteiger partial charge in [-0.25, -0.2) is 4.79 Å². The van der Waals surface area contributed by atoms with E-state index in [1.165, 1.54) is 24.5 Å². The quantitative estimate of drug-likeness (QED) is 0.849. The second-order valence-corrected chi connectivity index (χ2v) is 4.22. The van der Waals surface area contributed by atoms with E-state index in [9.17, 15) is 9.59 Å². The fraction of sp³-hybridized carbons (Fsp3) is 0. The van der Waals surface area contributed by atoms with Crippen LogP contribution >= 0.6 is 11.6 Å². The van der Waals surface area contributed by atoms with Gasteiger partial charge in [0.2, 0.25) is 0 Å². The Kier molecular flexibility index (Phi) is 4.22. The zero-order valence-electron chi connectivity index (χ0n) is 10.2. The lowest BCUT2D eigenvalue weighted by molar-refractivity contribution is -0.132. The summed E-state index contributed by atoms with van der Waals surface area (Å²) in [6.07, 6.45) is 2.61. The van der Waals surface area contributed by atoms with E-state index in [0.29, 0.717) is 10.6 Å². The number of hydrogen-bond donors (Lipinski definition) is 2. The number of carbonyl (C=O) groups is 2. The summed E-state index contributed by atoms with van der Waals surface area (Å²) in [5.74, 6) is -1.89. The number of carbonyl (C=O) groups excluding carboxylic acids is 1. The van der Waals surface area contributed by atoms with Crippen LogP contribution in [0.15, 0.2) is 52.8 Å². The number of hydrogen-bond acceptors (Lipinski definition) is 3. The lowest BCUT2D eigenvalue weighted by Crippen LogP contribution is -2.26. The SMILES string of the molecule is O=C(O)/C(=C\c1ccccc1Cl)NC(=O)c1ccco1. The van der Waals surface area contributed by atoms with E-state index >= 15 is 0 Å². The minimum absolute atomic E-state index is 0.0244. The van der Waals surface area contributed by atoms with Crippen molar-refractivity contribution in [3.05, 3.63) is 64.7 Å². The second-order valence-electron chi connectivity index (χ2n) is 3.82. The van der Waals surface area contributed by atoms with E-state index in [0.717, 1.165) is 0 Å². The number of nitrogens with one attached hydrogen (secondary N) is 1. The second kappa shape index (κ2) is 6.08. The van der Waals surface area contributed by atoms with Gasteiger partial charge in [0.1, 0.15) is 5.70 Å². The zero-order chi connectivity index (χ0) is 14.5. The van der Waals surface area contributed by atoms with Crippen molar-refractivity contribution in [1.82, 2.24) is 5.32 Å². The fourth-order valence-corrected chi connectivity index (χ4v) is 1.68. The predicted molar refractivity (Wildman–Crippen MR) is 73.2 cm³/mol. The van der Waals surface area contributed by atoms with Crippen molar-refractivity contribution in [2.24, 2.45) is 0 Å². The Bertz CT molecular complexity index is 662. The van der Waals surface area contributed by atoms with Crippen molar-refractivity contribution >= 4 is 29.6 Å². The molecule has 20 heavy (non-hydrogen) atoms. The largest absolute Gasteiger partial charge is 0.477 e. The highest BCUT2D eigenvalue weighted by Crippen LogP contribution is 2.17. The van der Waals surface area contributed by atoms with Gasteiger partial charge in [0.05, 0.1) is 6.26 Å². The third-order valence-corrected chi connectivity index (χ3v) is 2.77. The van der Waals surface area contributed by atoms with Crippen LogP contribution < -0.4 is 5.32 Å². The molecular formula is C14H10ClNO4. The normalized spacial score (nSPS) is 11.2. The van der Waals surface area contributed by atoms with E-state index in [1.54, 1.807) is 24.3 Å². The summed E-state index contributed by atoms with van der Waals surface area (Å²) in [4.78, 5) is 22.9. The van der Waals surface area contributed by atoms with Gasteiger partial charge in [-0.2, -0.15) is 0 Å². The topological polar surface area (TPSA) is 79.5 Å². The van der Waals surface area contributed by atoms with Gasteiger partial charge in [0.25, 0.3) is 5.91 Å². The molecule has 2 rings (SSSR count). The predicted octanol–water partition coefficient (Wildman–Crippen LogP) is 2.79. The summed E-state index contributed by atoms with van der Waals surface area (Å²) in [6, 6.07) is 9.68. The molecule has 102 valence electrons. The molecule has 2 aromatic rings. The van der Waals surface area contributed by atoms with Gasteiger partial charge in [0.15, 0.2) is 5.76 Å². The fourth-order valence-electron chi connectivity index (χ4n) is 1.49.